The van der Waals surface area contributed by atoms with Gasteiger partial charge >= 0.3 is 0 Å². The molecule has 6 nitrogen and oxygen atoms in total. The van der Waals surface area contributed by atoms with Gasteiger partial charge in [-0.15, -0.1) is 0 Å². The summed E-state index contributed by atoms with van der Waals surface area (Å²) in [6.07, 6.45) is 2.56. The fourth-order valence-electron chi connectivity index (χ4n) is 1.84. The largest absolute Gasteiger partial charge is 0.384 e. The zero-order valence-electron chi connectivity index (χ0n) is 9.17. The molecule has 0 spiro atoms. The van der Waals surface area contributed by atoms with Crippen LogP contribution in [-0.2, 0) is 4.74 Å². The van der Waals surface area contributed by atoms with Crippen molar-refractivity contribution in [3.05, 3.63) is 24.2 Å². The minimum atomic E-state index is 0.242. The molecule has 0 radical (unpaired) electrons. The highest BCUT2D eigenvalue weighted by Gasteiger charge is 2.23. The summed E-state index contributed by atoms with van der Waals surface area (Å²) in [7, 11) is 0. The van der Waals surface area contributed by atoms with Crippen LogP contribution in [0.2, 0.25) is 0 Å². The first-order chi connectivity index (χ1) is 8.33. The minimum absolute atomic E-state index is 0.242. The van der Waals surface area contributed by atoms with Gasteiger partial charge in [0.05, 0.1) is 6.61 Å². The first-order valence-electron chi connectivity index (χ1n) is 5.46. The Morgan fingerprint density at radius 3 is 3.12 bits per heavy atom. The molecule has 1 fully saturated rings. The third-order valence-corrected chi connectivity index (χ3v) is 2.76. The van der Waals surface area contributed by atoms with Crippen molar-refractivity contribution in [1.82, 2.24) is 15.1 Å². The Morgan fingerprint density at radius 1 is 1.41 bits per heavy atom. The Kier molecular flexibility index (Phi) is 2.49. The number of aromatic nitrogens is 3. The van der Waals surface area contributed by atoms with E-state index in [1.165, 1.54) is 0 Å². The highest BCUT2D eigenvalue weighted by atomic mass is 16.5. The second kappa shape index (κ2) is 4.14. The fraction of sp³-hybridized carbons (Fsp3) is 0.364. The van der Waals surface area contributed by atoms with E-state index in [-0.39, 0.29) is 5.92 Å². The highest BCUT2D eigenvalue weighted by Crippen LogP contribution is 2.25. The van der Waals surface area contributed by atoms with Gasteiger partial charge in [-0.05, 0) is 18.6 Å². The summed E-state index contributed by atoms with van der Waals surface area (Å²) >= 11 is 0. The summed E-state index contributed by atoms with van der Waals surface area (Å²) in [5.74, 6) is 1.85. The predicted octanol–water partition coefficient (Wildman–Crippen LogP) is 1.22. The highest BCUT2D eigenvalue weighted by molar-refractivity contribution is 5.56. The van der Waals surface area contributed by atoms with Gasteiger partial charge in [0.2, 0.25) is 0 Å². The van der Waals surface area contributed by atoms with Gasteiger partial charge in [0.1, 0.15) is 5.82 Å². The van der Waals surface area contributed by atoms with Gasteiger partial charge in [-0.1, -0.05) is 5.16 Å². The Balaban J connectivity index is 1.89. The number of pyridine rings is 1. The molecular weight excluding hydrogens is 220 g/mol. The number of nitrogens with two attached hydrogens (primary N) is 1. The molecule has 0 aromatic carbocycles. The van der Waals surface area contributed by atoms with Crippen LogP contribution in [0.15, 0.2) is 22.9 Å². The Bertz CT molecular complexity index is 520. The Labute approximate surface area is 97.8 Å². The van der Waals surface area contributed by atoms with Crippen LogP contribution in [0.1, 0.15) is 18.2 Å². The van der Waals surface area contributed by atoms with E-state index in [0.29, 0.717) is 24.1 Å². The van der Waals surface area contributed by atoms with Crippen LogP contribution < -0.4 is 5.73 Å². The summed E-state index contributed by atoms with van der Waals surface area (Å²) in [6, 6.07) is 3.50. The van der Waals surface area contributed by atoms with Gasteiger partial charge in [-0.2, -0.15) is 4.98 Å². The number of nitrogens with zero attached hydrogens (tertiary/aromatic N) is 3. The van der Waals surface area contributed by atoms with Gasteiger partial charge in [0, 0.05) is 24.3 Å². The number of hydrogen-bond acceptors (Lipinski definition) is 6. The van der Waals surface area contributed by atoms with E-state index in [9.17, 15) is 0 Å². The van der Waals surface area contributed by atoms with Gasteiger partial charge in [-0.25, -0.2) is 4.98 Å². The minimum Gasteiger partial charge on any atom is -0.384 e. The molecule has 1 aliphatic rings. The standard InChI is InChI=1S/C11H12N4O2/c12-9-5-7(1-3-13-9)11-14-10(15-17-11)8-2-4-16-6-8/h1,3,5,8H,2,4,6H2,(H2,12,13). The zero-order chi connectivity index (χ0) is 11.7. The summed E-state index contributed by atoms with van der Waals surface area (Å²) in [5, 5.41) is 3.98. The molecule has 2 N–H and O–H groups in total. The molecule has 1 unspecified atom stereocenters. The lowest BCUT2D eigenvalue weighted by atomic mass is 10.1. The molecule has 17 heavy (non-hydrogen) atoms. The van der Waals surface area contributed by atoms with Gasteiger partial charge < -0.3 is 15.0 Å². The smallest absolute Gasteiger partial charge is 0.258 e. The zero-order valence-corrected chi connectivity index (χ0v) is 9.17. The lowest BCUT2D eigenvalue weighted by molar-refractivity contribution is 0.192. The van der Waals surface area contributed by atoms with Crippen LogP contribution in [0.4, 0.5) is 5.82 Å². The molecule has 1 aliphatic heterocycles. The van der Waals surface area contributed by atoms with Crippen molar-refractivity contribution in [3.63, 3.8) is 0 Å². The average Bonchev–Trinajstić information content (AvgIpc) is 3.00. The van der Waals surface area contributed by atoms with Crippen LogP contribution in [0, 0.1) is 0 Å². The number of ether oxygens (including phenoxy) is 1. The quantitative estimate of drug-likeness (QED) is 0.837. The van der Waals surface area contributed by atoms with Crippen LogP contribution >= 0.6 is 0 Å². The summed E-state index contributed by atoms with van der Waals surface area (Å²) in [5.41, 5.74) is 6.39. The van der Waals surface area contributed by atoms with E-state index >= 15 is 0 Å². The fourth-order valence-corrected chi connectivity index (χ4v) is 1.84. The van der Waals surface area contributed by atoms with Crippen LogP contribution in [0.3, 0.4) is 0 Å². The molecule has 0 bridgehead atoms. The number of rotatable bonds is 2. The Morgan fingerprint density at radius 2 is 2.35 bits per heavy atom. The monoisotopic (exact) mass is 232 g/mol. The molecule has 88 valence electrons. The molecule has 1 saturated heterocycles. The molecule has 0 amide bonds. The van der Waals surface area contributed by atoms with Crippen LogP contribution in [0.25, 0.3) is 11.5 Å². The van der Waals surface area contributed by atoms with Crippen molar-refractivity contribution in [1.29, 1.82) is 0 Å². The number of hydrogen-bond donors (Lipinski definition) is 1. The maximum Gasteiger partial charge on any atom is 0.258 e. The maximum absolute atomic E-state index is 5.60. The van der Waals surface area contributed by atoms with Crippen molar-refractivity contribution in [2.45, 2.75) is 12.3 Å². The second-order valence-corrected chi connectivity index (χ2v) is 3.99. The normalized spacial score (nSPS) is 19.6. The lowest BCUT2D eigenvalue weighted by Gasteiger charge is -1.98. The molecule has 2 aromatic rings. The topological polar surface area (TPSA) is 87.1 Å². The summed E-state index contributed by atoms with van der Waals surface area (Å²) in [4.78, 5) is 8.28. The molecule has 6 heteroatoms. The van der Waals surface area contributed by atoms with Crippen LogP contribution in [-0.4, -0.2) is 28.3 Å². The molecule has 3 rings (SSSR count). The van der Waals surface area contributed by atoms with Crippen molar-refractivity contribution in [2.75, 3.05) is 18.9 Å². The average molecular weight is 232 g/mol. The third-order valence-electron chi connectivity index (χ3n) is 2.76. The van der Waals surface area contributed by atoms with E-state index in [4.69, 9.17) is 15.0 Å². The lowest BCUT2D eigenvalue weighted by Crippen LogP contribution is -1.99. The van der Waals surface area contributed by atoms with E-state index in [1.807, 2.05) is 0 Å². The van der Waals surface area contributed by atoms with Gasteiger partial charge in [-0.3, -0.25) is 0 Å². The molecule has 0 aliphatic carbocycles. The van der Waals surface area contributed by atoms with Crippen molar-refractivity contribution < 1.29 is 9.26 Å². The van der Waals surface area contributed by atoms with Crippen LogP contribution in [0.5, 0.6) is 0 Å². The van der Waals surface area contributed by atoms with Gasteiger partial charge in [0.25, 0.3) is 5.89 Å². The third kappa shape index (κ3) is 1.99. The Hall–Kier alpha value is -1.95. The molecule has 0 saturated carbocycles. The predicted molar refractivity (Wildman–Crippen MR) is 60.1 cm³/mol. The first-order valence-corrected chi connectivity index (χ1v) is 5.46. The van der Waals surface area contributed by atoms with E-state index in [2.05, 4.69) is 15.1 Å². The number of anilines is 1. The molecule has 3 heterocycles. The van der Waals surface area contributed by atoms with Crippen molar-refractivity contribution >= 4 is 5.82 Å². The SMILES string of the molecule is Nc1cc(-c2nc(C3CCOC3)no2)ccn1. The van der Waals surface area contributed by atoms with E-state index < -0.39 is 0 Å². The van der Waals surface area contributed by atoms with Crippen molar-refractivity contribution in [2.24, 2.45) is 0 Å². The summed E-state index contributed by atoms with van der Waals surface area (Å²) < 4.78 is 10.5. The van der Waals surface area contributed by atoms with E-state index in [1.54, 1.807) is 18.3 Å². The van der Waals surface area contributed by atoms with Gasteiger partial charge in [0.15, 0.2) is 5.82 Å². The number of nitrogen functional groups attached to an aromatic ring is 1. The molecule has 2 aromatic heterocycles. The van der Waals surface area contributed by atoms with Crippen molar-refractivity contribution in [3.8, 4) is 11.5 Å². The molecular formula is C11H12N4O2. The van der Waals surface area contributed by atoms with E-state index in [0.717, 1.165) is 18.6 Å². The molecule has 1 atom stereocenters. The second-order valence-electron chi connectivity index (χ2n) is 3.99. The first kappa shape index (κ1) is 10.2. The summed E-state index contributed by atoms with van der Waals surface area (Å²) in [6.45, 7) is 1.42. The maximum atomic E-state index is 5.60.